The average molecular weight is 434 g/mol. The Kier molecular flexibility index (Phi) is 8.29. The molecule has 128 valence electrons. The molecule has 0 amide bonds. The molecular weight excluding hydrogens is 412 g/mol. The van der Waals surface area contributed by atoms with Crippen molar-refractivity contribution in [1.82, 2.24) is 4.31 Å². The van der Waals surface area contributed by atoms with E-state index < -0.39 is 10.0 Å². The highest BCUT2D eigenvalue weighted by Gasteiger charge is 2.31. The third kappa shape index (κ3) is 4.90. The maximum atomic E-state index is 12.6. The first kappa shape index (κ1) is 20.3. The summed E-state index contributed by atoms with van der Waals surface area (Å²) in [4.78, 5) is 1.24. The van der Waals surface area contributed by atoms with Crippen molar-refractivity contribution >= 4 is 49.7 Å². The van der Waals surface area contributed by atoms with E-state index in [9.17, 15) is 8.42 Å². The molecule has 1 aliphatic heterocycles. The summed E-state index contributed by atoms with van der Waals surface area (Å²) in [6.07, 6.45) is 2.49. The third-order valence-electron chi connectivity index (χ3n) is 3.56. The Hall–Kier alpha value is 0.300. The van der Waals surface area contributed by atoms with Gasteiger partial charge in [0.15, 0.2) is 0 Å². The molecule has 9 heteroatoms. The van der Waals surface area contributed by atoms with E-state index in [4.69, 9.17) is 10.5 Å². The highest BCUT2D eigenvalue weighted by Crippen LogP contribution is 2.32. The Morgan fingerprint density at radius 3 is 2.59 bits per heavy atom. The van der Waals surface area contributed by atoms with Crippen LogP contribution in [0.3, 0.4) is 0 Å². The Balaban J connectivity index is 0.00000242. The predicted octanol–water partition coefficient (Wildman–Crippen LogP) is 2.76. The van der Waals surface area contributed by atoms with Gasteiger partial charge >= 0.3 is 0 Å². The van der Waals surface area contributed by atoms with E-state index in [1.54, 1.807) is 10.4 Å². The molecule has 22 heavy (non-hydrogen) atoms. The molecule has 2 N–H and O–H groups in total. The van der Waals surface area contributed by atoms with Gasteiger partial charge in [-0.25, -0.2) is 8.42 Å². The molecule has 0 saturated carbocycles. The Morgan fingerprint density at radius 1 is 1.45 bits per heavy atom. The number of piperidine rings is 1. The highest BCUT2D eigenvalue weighted by molar-refractivity contribution is 9.11. The monoisotopic (exact) mass is 432 g/mol. The van der Waals surface area contributed by atoms with Gasteiger partial charge in [0.25, 0.3) is 0 Å². The van der Waals surface area contributed by atoms with Crippen molar-refractivity contribution < 1.29 is 13.2 Å². The molecule has 0 aromatic carbocycles. The quantitative estimate of drug-likeness (QED) is 0.700. The summed E-state index contributed by atoms with van der Waals surface area (Å²) >= 11 is 4.80. The fourth-order valence-corrected chi connectivity index (χ4v) is 6.25. The molecule has 2 rings (SSSR count). The molecule has 1 aromatic heterocycles. The van der Waals surface area contributed by atoms with Gasteiger partial charge in [0.05, 0.1) is 14.8 Å². The number of hydrogen-bond acceptors (Lipinski definition) is 5. The Bertz CT molecular complexity index is 572. The number of nitrogens with zero attached hydrogens (tertiary/aromatic N) is 1. The first-order chi connectivity index (χ1) is 9.95. The van der Waals surface area contributed by atoms with Crippen LogP contribution in [0.5, 0.6) is 0 Å². The van der Waals surface area contributed by atoms with Crippen LogP contribution in [0.2, 0.25) is 0 Å². The molecule has 1 fully saturated rings. The van der Waals surface area contributed by atoms with Gasteiger partial charge in [-0.2, -0.15) is 4.31 Å². The fraction of sp³-hybridized carbons (Fsp3) is 0.692. The lowest BCUT2D eigenvalue weighted by Gasteiger charge is -2.31. The summed E-state index contributed by atoms with van der Waals surface area (Å²) in [7, 11) is -3.38. The molecule has 0 atom stereocenters. The fourth-order valence-electron chi connectivity index (χ4n) is 2.40. The molecule has 2 heterocycles. The summed E-state index contributed by atoms with van der Waals surface area (Å²) in [5, 5.41) is 0. The van der Waals surface area contributed by atoms with E-state index in [0.717, 1.165) is 27.9 Å². The van der Waals surface area contributed by atoms with Crippen LogP contribution in [0.1, 0.15) is 24.1 Å². The number of aryl methyl sites for hydroxylation is 1. The number of halogens is 2. The van der Waals surface area contributed by atoms with E-state index >= 15 is 0 Å². The SMILES string of the molecule is Cc1sc(Br)cc1S(=O)(=O)N1CCC(OCCCN)CC1.Cl. The van der Waals surface area contributed by atoms with Gasteiger partial charge in [-0.1, -0.05) is 0 Å². The number of hydrogen-bond donors (Lipinski definition) is 1. The second kappa shape index (κ2) is 8.96. The lowest BCUT2D eigenvalue weighted by molar-refractivity contribution is 0.0209. The van der Waals surface area contributed by atoms with E-state index in [0.29, 0.717) is 31.1 Å². The lowest BCUT2D eigenvalue weighted by Crippen LogP contribution is -2.41. The molecule has 1 aromatic rings. The minimum atomic E-state index is -3.38. The van der Waals surface area contributed by atoms with Gasteiger partial charge in [0.2, 0.25) is 10.0 Å². The van der Waals surface area contributed by atoms with E-state index in [1.807, 2.05) is 6.92 Å². The zero-order valence-electron chi connectivity index (χ0n) is 12.5. The Morgan fingerprint density at radius 2 is 2.09 bits per heavy atom. The van der Waals surface area contributed by atoms with Crippen molar-refractivity contribution in [3.05, 3.63) is 14.7 Å². The first-order valence-electron chi connectivity index (χ1n) is 7.03. The van der Waals surface area contributed by atoms with Crippen LogP contribution in [-0.4, -0.2) is 45.1 Å². The zero-order valence-corrected chi connectivity index (χ0v) is 16.5. The van der Waals surface area contributed by atoms with Crippen LogP contribution >= 0.6 is 39.7 Å². The molecule has 1 saturated heterocycles. The van der Waals surface area contributed by atoms with Crippen LogP contribution in [-0.2, 0) is 14.8 Å². The van der Waals surface area contributed by atoms with Crippen LogP contribution in [0.4, 0.5) is 0 Å². The highest BCUT2D eigenvalue weighted by atomic mass is 79.9. The van der Waals surface area contributed by atoms with Crippen LogP contribution in [0.15, 0.2) is 14.7 Å². The minimum absolute atomic E-state index is 0. The molecule has 5 nitrogen and oxygen atoms in total. The topological polar surface area (TPSA) is 72.6 Å². The van der Waals surface area contributed by atoms with Gasteiger partial charge in [-0.15, -0.1) is 23.7 Å². The molecule has 1 aliphatic rings. The molecule has 0 bridgehead atoms. The Labute approximate surface area is 150 Å². The standard InChI is InChI=1S/C13H21BrN2O3S2.ClH/c1-10-12(9-13(14)20-10)21(17,18)16-6-3-11(4-7-16)19-8-2-5-15;/h9,11H,2-8,15H2,1H3;1H. The number of rotatable bonds is 6. The van der Waals surface area contributed by atoms with Gasteiger partial charge in [-0.05, 0) is 54.7 Å². The second-order valence-electron chi connectivity index (χ2n) is 5.09. The first-order valence-corrected chi connectivity index (χ1v) is 10.1. The summed E-state index contributed by atoms with van der Waals surface area (Å²) in [5.41, 5.74) is 5.43. The van der Waals surface area contributed by atoms with Crippen LogP contribution < -0.4 is 5.73 Å². The van der Waals surface area contributed by atoms with Crippen molar-refractivity contribution in [1.29, 1.82) is 0 Å². The number of sulfonamides is 1. The van der Waals surface area contributed by atoms with Crippen molar-refractivity contribution in [2.45, 2.75) is 37.2 Å². The lowest BCUT2D eigenvalue weighted by atomic mass is 10.1. The van der Waals surface area contributed by atoms with Crippen molar-refractivity contribution in [3.8, 4) is 0 Å². The average Bonchev–Trinajstić information content (AvgIpc) is 2.79. The normalized spacial score (nSPS) is 17.4. The van der Waals surface area contributed by atoms with Crippen LogP contribution in [0, 0.1) is 6.92 Å². The van der Waals surface area contributed by atoms with Gasteiger partial charge in [-0.3, -0.25) is 0 Å². The zero-order chi connectivity index (χ0) is 15.5. The number of thiophene rings is 1. The maximum Gasteiger partial charge on any atom is 0.244 e. The largest absolute Gasteiger partial charge is 0.378 e. The summed E-state index contributed by atoms with van der Waals surface area (Å²) in [5.74, 6) is 0. The molecule has 0 unspecified atom stereocenters. The summed E-state index contributed by atoms with van der Waals surface area (Å²) in [6, 6.07) is 1.69. The van der Waals surface area contributed by atoms with E-state index in [2.05, 4.69) is 15.9 Å². The van der Waals surface area contributed by atoms with Crippen molar-refractivity contribution in [3.63, 3.8) is 0 Å². The van der Waals surface area contributed by atoms with E-state index in [-0.39, 0.29) is 18.5 Å². The van der Waals surface area contributed by atoms with Crippen LogP contribution in [0.25, 0.3) is 0 Å². The molecule has 0 spiro atoms. The third-order valence-corrected chi connectivity index (χ3v) is 7.27. The molecule has 0 aliphatic carbocycles. The second-order valence-corrected chi connectivity index (χ2v) is 9.63. The smallest absolute Gasteiger partial charge is 0.244 e. The van der Waals surface area contributed by atoms with Gasteiger partial charge < -0.3 is 10.5 Å². The van der Waals surface area contributed by atoms with Gasteiger partial charge in [0.1, 0.15) is 0 Å². The van der Waals surface area contributed by atoms with Crippen molar-refractivity contribution in [2.75, 3.05) is 26.2 Å². The summed E-state index contributed by atoms with van der Waals surface area (Å²) < 4.78 is 33.4. The maximum absolute atomic E-state index is 12.6. The summed E-state index contributed by atoms with van der Waals surface area (Å²) in [6.45, 7) is 4.15. The molecular formula is C13H22BrClN2O3S2. The van der Waals surface area contributed by atoms with E-state index in [1.165, 1.54) is 11.3 Å². The minimum Gasteiger partial charge on any atom is -0.378 e. The van der Waals surface area contributed by atoms with Crippen molar-refractivity contribution in [2.24, 2.45) is 5.73 Å². The molecule has 0 radical (unpaired) electrons. The van der Waals surface area contributed by atoms with Gasteiger partial charge in [0, 0.05) is 24.6 Å². The predicted molar refractivity (Wildman–Crippen MR) is 95.4 cm³/mol. The number of nitrogens with two attached hydrogens (primary N) is 1. The number of ether oxygens (including phenoxy) is 1.